The van der Waals surface area contributed by atoms with E-state index in [1.54, 1.807) is 14.2 Å². The van der Waals surface area contributed by atoms with Crippen LogP contribution < -0.4 is 14.8 Å². The van der Waals surface area contributed by atoms with Crippen molar-refractivity contribution in [1.82, 2.24) is 4.90 Å². The second kappa shape index (κ2) is 8.87. The first-order valence-corrected chi connectivity index (χ1v) is 8.67. The van der Waals surface area contributed by atoms with E-state index in [1.807, 2.05) is 55.3 Å². The van der Waals surface area contributed by atoms with Crippen LogP contribution in [0.25, 0.3) is 0 Å². The number of rotatable bonds is 7. The number of methoxy groups -OCH3 is 2. The molecule has 0 aliphatic carbocycles. The number of hydrogen-bond acceptors (Lipinski definition) is 4. The molecule has 134 valence electrons. The maximum Gasteiger partial charge on any atom is 0.238 e. The molecular weight excluding hydrogens is 384 g/mol. The van der Waals surface area contributed by atoms with Crippen LogP contribution in [0.1, 0.15) is 11.1 Å². The predicted octanol–water partition coefficient (Wildman–Crippen LogP) is 3.85. The third-order valence-electron chi connectivity index (χ3n) is 3.74. The van der Waals surface area contributed by atoms with E-state index in [1.165, 1.54) is 0 Å². The van der Waals surface area contributed by atoms with E-state index in [0.717, 1.165) is 32.8 Å². The molecule has 0 saturated heterocycles. The van der Waals surface area contributed by atoms with Gasteiger partial charge in [0.2, 0.25) is 5.91 Å². The summed E-state index contributed by atoms with van der Waals surface area (Å²) in [5.74, 6) is 1.42. The number of ether oxygens (including phenoxy) is 2. The number of nitrogens with one attached hydrogen (secondary N) is 1. The van der Waals surface area contributed by atoms with Gasteiger partial charge in [0.15, 0.2) is 0 Å². The molecule has 0 saturated carbocycles. The third-order valence-corrected chi connectivity index (χ3v) is 4.36. The fourth-order valence-corrected chi connectivity index (χ4v) is 2.96. The van der Waals surface area contributed by atoms with E-state index in [2.05, 4.69) is 21.2 Å². The van der Waals surface area contributed by atoms with Gasteiger partial charge < -0.3 is 14.8 Å². The van der Waals surface area contributed by atoms with Crippen molar-refractivity contribution in [2.45, 2.75) is 13.5 Å². The predicted molar refractivity (Wildman–Crippen MR) is 103 cm³/mol. The Hall–Kier alpha value is -2.05. The molecule has 0 heterocycles. The number of carbonyl (C=O) groups is 1. The van der Waals surface area contributed by atoms with Crippen LogP contribution in [0.3, 0.4) is 0 Å². The minimum absolute atomic E-state index is 0.0607. The van der Waals surface area contributed by atoms with Gasteiger partial charge in [-0.1, -0.05) is 17.7 Å². The van der Waals surface area contributed by atoms with E-state index in [-0.39, 0.29) is 12.5 Å². The van der Waals surface area contributed by atoms with Gasteiger partial charge >= 0.3 is 0 Å². The highest BCUT2D eigenvalue weighted by atomic mass is 79.9. The summed E-state index contributed by atoms with van der Waals surface area (Å²) in [5.41, 5.74) is 2.91. The summed E-state index contributed by atoms with van der Waals surface area (Å²) in [4.78, 5) is 14.1. The molecule has 0 unspecified atom stereocenters. The standard InChI is InChI=1S/C19H23BrN2O3/c1-13-5-7-15(8-6-13)21-19(23)12-22(2)11-14-9-18(25-4)16(20)10-17(14)24-3/h5-10H,11-12H2,1-4H3,(H,21,23). The molecule has 0 aliphatic rings. The molecule has 0 bridgehead atoms. The van der Waals surface area contributed by atoms with Crippen molar-refractivity contribution in [3.63, 3.8) is 0 Å². The molecule has 2 aromatic rings. The van der Waals surface area contributed by atoms with E-state index >= 15 is 0 Å². The molecule has 0 spiro atoms. The Morgan fingerprint density at radius 2 is 1.76 bits per heavy atom. The second-order valence-corrected chi connectivity index (χ2v) is 6.74. The minimum atomic E-state index is -0.0607. The van der Waals surface area contributed by atoms with Crippen LogP contribution in [0.15, 0.2) is 40.9 Å². The van der Waals surface area contributed by atoms with Crippen LogP contribution in [-0.2, 0) is 11.3 Å². The summed E-state index contributed by atoms with van der Waals surface area (Å²) in [6.45, 7) is 2.85. The number of halogens is 1. The van der Waals surface area contributed by atoms with Crippen molar-refractivity contribution in [3.8, 4) is 11.5 Å². The van der Waals surface area contributed by atoms with E-state index in [4.69, 9.17) is 9.47 Å². The number of hydrogen-bond donors (Lipinski definition) is 1. The smallest absolute Gasteiger partial charge is 0.238 e. The molecule has 1 amide bonds. The normalized spacial score (nSPS) is 10.6. The van der Waals surface area contributed by atoms with Gasteiger partial charge in [-0.2, -0.15) is 0 Å². The largest absolute Gasteiger partial charge is 0.496 e. The zero-order valence-corrected chi connectivity index (χ0v) is 16.5. The van der Waals surface area contributed by atoms with Crippen molar-refractivity contribution >= 4 is 27.5 Å². The molecule has 0 radical (unpaired) electrons. The fraction of sp³-hybridized carbons (Fsp3) is 0.316. The Kier molecular flexibility index (Phi) is 6.84. The Bertz CT molecular complexity index is 732. The summed E-state index contributed by atoms with van der Waals surface area (Å²) >= 11 is 3.45. The van der Waals surface area contributed by atoms with E-state index in [9.17, 15) is 4.79 Å². The third kappa shape index (κ3) is 5.47. The Labute approximate surface area is 157 Å². The first-order chi connectivity index (χ1) is 11.9. The summed E-state index contributed by atoms with van der Waals surface area (Å²) < 4.78 is 11.6. The number of nitrogens with zero attached hydrogens (tertiary/aromatic N) is 1. The van der Waals surface area contributed by atoms with Crippen LogP contribution in [0.5, 0.6) is 11.5 Å². The number of amides is 1. The van der Waals surface area contributed by atoms with Crippen molar-refractivity contribution in [3.05, 3.63) is 52.0 Å². The lowest BCUT2D eigenvalue weighted by atomic mass is 10.1. The van der Waals surface area contributed by atoms with Gasteiger partial charge in [-0.25, -0.2) is 0 Å². The Balaban J connectivity index is 2.00. The molecule has 1 N–H and O–H groups in total. The lowest BCUT2D eigenvalue weighted by molar-refractivity contribution is -0.117. The summed E-state index contributed by atoms with van der Waals surface area (Å²) in [6.07, 6.45) is 0. The molecule has 6 heteroatoms. The first-order valence-electron chi connectivity index (χ1n) is 7.88. The molecule has 0 aromatic heterocycles. The quantitative estimate of drug-likeness (QED) is 0.758. The maximum absolute atomic E-state index is 12.2. The molecule has 5 nitrogen and oxygen atoms in total. The maximum atomic E-state index is 12.2. The second-order valence-electron chi connectivity index (χ2n) is 5.89. The fourth-order valence-electron chi connectivity index (χ4n) is 2.48. The zero-order chi connectivity index (χ0) is 18.4. The van der Waals surface area contributed by atoms with Crippen molar-refractivity contribution < 1.29 is 14.3 Å². The van der Waals surface area contributed by atoms with Crippen LogP contribution in [0.4, 0.5) is 5.69 Å². The topological polar surface area (TPSA) is 50.8 Å². The number of carbonyl (C=O) groups excluding carboxylic acids is 1. The summed E-state index contributed by atoms with van der Waals surface area (Å²) in [7, 11) is 5.14. The van der Waals surface area contributed by atoms with Crippen molar-refractivity contribution in [2.75, 3.05) is 33.1 Å². The van der Waals surface area contributed by atoms with Gasteiger partial charge in [-0.15, -0.1) is 0 Å². The summed E-state index contributed by atoms with van der Waals surface area (Å²) in [6, 6.07) is 11.5. The number of aryl methyl sites for hydroxylation is 1. The SMILES string of the molecule is COc1cc(CN(C)CC(=O)Nc2ccc(C)cc2)c(OC)cc1Br. The van der Waals surface area contributed by atoms with Crippen molar-refractivity contribution in [1.29, 1.82) is 0 Å². The van der Waals surface area contributed by atoms with Gasteiger partial charge in [0.05, 0.1) is 25.2 Å². The van der Waals surface area contributed by atoms with Gasteiger partial charge in [-0.3, -0.25) is 9.69 Å². The number of anilines is 1. The Morgan fingerprint density at radius 1 is 1.12 bits per heavy atom. The average molecular weight is 407 g/mol. The average Bonchev–Trinajstić information content (AvgIpc) is 2.57. The zero-order valence-electron chi connectivity index (χ0n) is 14.9. The van der Waals surface area contributed by atoms with Gasteiger partial charge in [0, 0.05) is 17.8 Å². The molecule has 2 aromatic carbocycles. The van der Waals surface area contributed by atoms with Gasteiger partial charge in [-0.05, 0) is 54.2 Å². The highest BCUT2D eigenvalue weighted by Gasteiger charge is 2.13. The first kappa shape index (κ1) is 19.3. The highest BCUT2D eigenvalue weighted by Crippen LogP contribution is 2.33. The van der Waals surface area contributed by atoms with Crippen LogP contribution in [-0.4, -0.2) is 38.6 Å². The molecule has 25 heavy (non-hydrogen) atoms. The monoisotopic (exact) mass is 406 g/mol. The lowest BCUT2D eigenvalue weighted by Crippen LogP contribution is -2.30. The van der Waals surface area contributed by atoms with Crippen LogP contribution in [0, 0.1) is 6.92 Å². The minimum Gasteiger partial charge on any atom is -0.496 e. The molecule has 0 atom stereocenters. The molecule has 0 fully saturated rings. The van der Waals surface area contributed by atoms with Gasteiger partial charge in [0.25, 0.3) is 0 Å². The number of benzene rings is 2. The van der Waals surface area contributed by atoms with E-state index in [0.29, 0.717) is 6.54 Å². The van der Waals surface area contributed by atoms with Gasteiger partial charge in [0.1, 0.15) is 11.5 Å². The lowest BCUT2D eigenvalue weighted by Gasteiger charge is -2.19. The number of likely N-dealkylation sites (N-methyl/N-ethyl adjacent to an activating group) is 1. The van der Waals surface area contributed by atoms with Crippen LogP contribution in [0.2, 0.25) is 0 Å². The summed E-state index contributed by atoms with van der Waals surface area (Å²) in [5, 5.41) is 2.90. The Morgan fingerprint density at radius 3 is 2.36 bits per heavy atom. The molecular formula is C19H23BrN2O3. The molecule has 2 rings (SSSR count). The van der Waals surface area contributed by atoms with E-state index < -0.39 is 0 Å². The molecule has 0 aliphatic heterocycles. The van der Waals surface area contributed by atoms with Crippen LogP contribution >= 0.6 is 15.9 Å². The highest BCUT2D eigenvalue weighted by molar-refractivity contribution is 9.10. The van der Waals surface area contributed by atoms with Crippen molar-refractivity contribution in [2.24, 2.45) is 0 Å².